The average Bonchev–Trinajstić information content (AvgIpc) is 2.35. The number of ketones is 1. The van der Waals surface area contributed by atoms with Crippen LogP contribution in [0.4, 0.5) is 0 Å². The maximum Gasteiger partial charge on any atom is 0.170 e. The Hall–Kier alpha value is -1.19. The van der Waals surface area contributed by atoms with Gasteiger partial charge in [0.05, 0.1) is 17.1 Å². The van der Waals surface area contributed by atoms with Crippen LogP contribution >= 0.6 is 27.5 Å². The summed E-state index contributed by atoms with van der Waals surface area (Å²) < 4.78 is 0.841. The molecule has 18 heavy (non-hydrogen) atoms. The molecule has 0 atom stereocenters. The van der Waals surface area contributed by atoms with E-state index in [0.29, 0.717) is 10.6 Å². The maximum absolute atomic E-state index is 12.2. The number of aromatic nitrogens is 1. The lowest BCUT2D eigenvalue weighted by Gasteiger charge is -2.06. The molecule has 0 amide bonds. The lowest BCUT2D eigenvalue weighted by Crippen LogP contribution is -2.07. The van der Waals surface area contributed by atoms with Crippen molar-refractivity contribution in [2.24, 2.45) is 0 Å². The number of benzene rings is 1. The second-order valence-electron chi connectivity index (χ2n) is 3.99. The fourth-order valence-corrected chi connectivity index (χ4v) is 2.25. The number of Topliss-reactive ketones (excluding diaryl/α,β-unsaturated/α-hetero) is 1. The predicted octanol–water partition coefficient (Wildman–Crippen LogP) is 4.23. The second-order valence-corrected chi connectivity index (χ2v) is 5.31. The van der Waals surface area contributed by atoms with Gasteiger partial charge in [0.25, 0.3) is 0 Å². The summed E-state index contributed by atoms with van der Waals surface area (Å²) in [5, 5.41) is 0.469. The van der Waals surface area contributed by atoms with Crippen LogP contribution in [0.15, 0.2) is 41.0 Å². The number of pyridine rings is 1. The summed E-state index contributed by atoms with van der Waals surface area (Å²) in [6.07, 6.45) is 1.96. The maximum atomic E-state index is 12.2. The first kappa shape index (κ1) is 13.2. The number of aryl methyl sites for hydroxylation is 1. The van der Waals surface area contributed by atoms with Crippen molar-refractivity contribution in [2.45, 2.75) is 13.3 Å². The Balaban J connectivity index is 2.28. The van der Waals surface area contributed by atoms with E-state index in [1.54, 1.807) is 18.3 Å². The fourth-order valence-electron chi connectivity index (χ4n) is 1.66. The topological polar surface area (TPSA) is 30.0 Å². The molecule has 0 aliphatic rings. The summed E-state index contributed by atoms with van der Waals surface area (Å²) in [6.45, 7) is 1.94. The van der Waals surface area contributed by atoms with Crippen molar-refractivity contribution >= 4 is 33.3 Å². The van der Waals surface area contributed by atoms with Gasteiger partial charge in [0.1, 0.15) is 0 Å². The van der Waals surface area contributed by atoms with E-state index in [-0.39, 0.29) is 12.2 Å². The number of carbonyl (C=O) groups is 1. The number of nitrogens with zero attached hydrogens (tertiary/aromatic N) is 1. The first-order valence-electron chi connectivity index (χ1n) is 5.46. The molecule has 92 valence electrons. The fraction of sp³-hybridized carbons (Fsp3) is 0.143. The van der Waals surface area contributed by atoms with Crippen LogP contribution in [0.1, 0.15) is 21.6 Å². The Morgan fingerprint density at radius 2 is 2.17 bits per heavy atom. The van der Waals surface area contributed by atoms with Crippen molar-refractivity contribution in [2.75, 3.05) is 0 Å². The standard InChI is InChI=1S/C14H11BrClNO/c1-9-3-2-6-17-13(9)8-14(18)11-7-10(15)4-5-12(11)16/h2-7H,8H2,1H3. The summed E-state index contributed by atoms with van der Waals surface area (Å²) in [4.78, 5) is 16.4. The van der Waals surface area contributed by atoms with E-state index in [9.17, 15) is 4.79 Å². The van der Waals surface area contributed by atoms with Gasteiger partial charge in [-0.1, -0.05) is 33.6 Å². The molecule has 0 saturated heterocycles. The first-order chi connectivity index (χ1) is 8.58. The summed E-state index contributed by atoms with van der Waals surface area (Å²) in [5.41, 5.74) is 2.33. The molecule has 2 rings (SSSR count). The molecule has 0 unspecified atom stereocenters. The Kier molecular flexibility index (Phi) is 4.15. The first-order valence-corrected chi connectivity index (χ1v) is 6.64. The molecule has 2 aromatic rings. The van der Waals surface area contributed by atoms with Crippen LogP contribution in [0.3, 0.4) is 0 Å². The predicted molar refractivity (Wildman–Crippen MR) is 76.2 cm³/mol. The zero-order chi connectivity index (χ0) is 13.1. The van der Waals surface area contributed by atoms with Crippen molar-refractivity contribution in [1.82, 2.24) is 4.98 Å². The molecule has 2 nitrogen and oxygen atoms in total. The monoisotopic (exact) mass is 323 g/mol. The van der Waals surface area contributed by atoms with E-state index in [4.69, 9.17) is 11.6 Å². The summed E-state index contributed by atoms with van der Waals surface area (Å²) in [6, 6.07) is 9.06. The average molecular weight is 325 g/mol. The van der Waals surface area contributed by atoms with Crippen LogP contribution in [0.5, 0.6) is 0 Å². The molecule has 1 aromatic heterocycles. The highest BCUT2D eigenvalue weighted by Crippen LogP contribution is 2.22. The van der Waals surface area contributed by atoms with Crippen molar-refractivity contribution < 1.29 is 4.79 Å². The summed E-state index contributed by atoms with van der Waals surface area (Å²) in [5.74, 6) is -0.0249. The number of hydrogen-bond acceptors (Lipinski definition) is 2. The van der Waals surface area contributed by atoms with Gasteiger partial charge in [0.2, 0.25) is 0 Å². The van der Waals surface area contributed by atoms with E-state index in [2.05, 4.69) is 20.9 Å². The van der Waals surface area contributed by atoms with Gasteiger partial charge in [0.15, 0.2) is 5.78 Å². The van der Waals surface area contributed by atoms with Gasteiger partial charge >= 0.3 is 0 Å². The number of halogens is 2. The molecule has 0 radical (unpaired) electrons. The van der Waals surface area contributed by atoms with Crippen molar-refractivity contribution in [3.8, 4) is 0 Å². The quantitative estimate of drug-likeness (QED) is 0.791. The molecular formula is C14H11BrClNO. The largest absolute Gasteiger partial charge is 0.294 e. The molecule has 0 fully saturated rings. The van der Waals surface area contributed by atoms with Gasteiger partial charge in [0, 0.05) is 16.2 Å². The van der Waals surface area contributed by atoms with Crippen LogP contribution in [0.2, 0.25) is 5.02 Å². The Labute approximate surface area is 119 Å². The molecule has 4 heteroatoms. The van der Waals surface area contributed by atoms with Gasteiger partial charge in [-0.05, 0) is 36.8 Å². The Morgan fingerprint density at radius 1 is 1.39 bits per heavy atom. The SMILES string of the molecule is Cc1cccnc1CC(=O)c1cc(Br)ccc1Cl. The van der Waals surface area contributed by atoms with Crippen molar-refractivity contribution in [3.05, 3.63) is 62.8 Å². The molecule has 0 aliphatic heterocycles. The minimum Gasteiger partial charge on any atom is -0.294 e. The van der Waals surface area contributed by atoms with Crippen LogP contribution in [-0.4, -0.2) is 10.8 Å². The summed E-state index contributed by atoms with van der Waals surface area (Å²) >= 11 is 9.37. The highest BCUT2D eigenvalue weighted by atomic mass is 79.9. The molecule has 0 aliphatic carbocycles. The molecule has 0 bridgehead atoms. The van der Waals surface area contributed by atoms with E-state index in [0.717, 1.165) is 15.7 Å². The molecule has 0 spiro atoms. The Bertz CT molecular complexity index is 598. The lowest BCUT2D eigenvalue weighted by atomic mass is 10.0. The van der Waals surface area contributed by atoms with Crippen LogP contribution in [0.25, 0.3) is 0 Å². The Morgan fingerprint density at radius 3 is 2.89 bits per heavy atom. The van der Waals surface area contributed by atoms with E-state index < -0.39 is 0 Å². The minimum absolute atomic E-state index is 0.0249. The van der Waals surface area contributed by atoms with Crippen LogP contribution in [-0.2, 0) is 6.42 Å². The summed E-state index contributed by atoms with van der Waals surface area (Å²) in [7, 11) is 0. The van der Waals surface area contributed by atoms with Gasteiger partial charge in [-0.2, -0.15) is 0 Å². The zero-order valence-electron chi connectivity index (χ0n) is 9.78. The number of hydrogen-bond donors (Lipinski definition) is 0. The van der Waals surface area contributed by atoms with Crippen LogP contribution < -0.4 is 0 Å². The van der Waals surface area contributed by atoms with E-state index in [1.165, 1.54) is 0 Å². The number of rotatable bonds is 3. The molecule has 1 heterocycles. The van der Waals surface area contributed by atoms with Crippen molar-refractivity contribution in [1.29, 1.82) is 0 Å². The van der Waals surface area contributed by atoms with Gasteiger partial charge in [-0.3, -0.25) is 9.78 Å². The van der Waals surface area contributed by atoms with Gasteiger partial charge in [-0.15, -0.1) is 0 Å². The van der Waals surface area contributed by atoms with Crippen LogP contribution in [0, 0.1) is 6.92 Å². The molecule has 0 N–H and O–H groups in total. The third-order valence-electron chi connectivity index (χ3n) is 2.67. The molecular weight excluding hydrogens is 314 g/mol. The third kappa shape index (κ3) is 2.98. The molecule has 0 saturated carbocycles. The number of carbonyl (C=O) groups excluding carboxylic acids is 1. The third-order valence-corrected chi connectivity index (χ3v) is 3.50. The highest BCUT2D eigenvalue weighted by molar-refractivity contribution is 9.10. The lowest BCUT2D eigenvalue weighted by molar-refractivity contribution is 0.0992. The van der Waals surface area contributed by atoms with E-state index in [1.807, 2.05) is 25.1 Å². The zero-order valence-corrected chi connectivity index (χ0v) is 12.1. The highest BCUT2D eigenvalue weighted by Gasteiger charge is 2.13. The van der Waals surface area contributed by atoms with Gasteiger partial charge in [-0.25, -0.2) is 0 Å². The normalized spacial score (nSPS) is 10.4. The second kappa shape index (κ2) is 5.63. The smallest absolute Gasteiger partial charge is 0.170 e. The minimum atomic E-state index is -0.0249. The van der Waals surface area contributed by atoms with Crippen molar-refractivity contribution in [3.63, 3.8) is 0 Å². The van der Waals surface area contributed by atoms with Gasteiger partial charge < -0.3 is 0 Å². The van der Waals surface area contributed by atoms with E-state index >= 15 is 0 Å². The molecule has 1 aromatic carbocycles.